The summed E-state index contributed by atoms with van der Waals surface area (Å²) >= 11 is 6.14. The van der Waals surface area contributed by atoms with Crippen molar-refractivity contribution in [1.82, 2.24) is 9.80 Å². The fraction of sp³-hybridized carbons (Fsp3) is 0.367. The van der Waals surface area contributed by atoms with Crippen molar-refractivity contribution in [1.29, 1.82) is 0 Å². The van der Waals surface area contributed by atoms with Gasteiger partial charge < -0.3 is 33.9 Å². The van der Waals surface area contributed by atoms with Crippen LogP contribution in [0, 0.1) is 0 Å². The first-order chi connectivity index (χ1) is 19.4. The number of benzene rings is 3. The van der Waals surface area contributed by atoms with Crippen LogP contribution in [-0.4, -0.2) is 77.0 Å². The smallest absolute Gasteiger partial charge is 0.321 e. The highest BCUT2D eigenvalue weighted by molar-refractivity contribution is 6.30. The van der Waals surface area contributed by atoms with E-state index in [-0.39, 0.29) is 12.1 Å². The predicted molar refractivity (Wildman–Crippen MR) is 155 cm³/mol. The molecule has 4 rings (SSSR count). The fourth-order valence-corrected chi connectivity index (χ4v) is 4.74. The van der Waals surface area contributed by atoms with Gasteiger partial charge in [0.1, 0.15) is 5.75 Å². The van der Waals surface area contributed by atoms with Crippen molar-refractivity contribution in [3.63, 3.8) is 0 Å². The van der Waals surface area contributed by atoms with E-state index in [1.54, 1.807) is 45.5 Å². The van der Waals surface area contributed by atoms with E-state index in [0.29, 0.717) is 54.2 Å². The molecular formula is C30H36ClN3O6. The van der Waals surface area contributed by atoms with Gasteiger partial charge in [0.25, 0.3) is 0 Å². The van der Waals surface area contributed by atoms with Gasteiger partial charge in [-0.2, -0.15) is 0 Å². The summed E-state index contributed by atoms with van der Waals surface area (Å²) in [6.07, 6.45) is -0.164. The van der Waals surface area contributed by atoms with Crippen molar-refractivity contribution < 1.29 is 28.5 Å². The van der Waals surface area contributed by atoms with Gasteiger partial charge in [-0.05, 0) is 35.4 Å². The summed E-state index contributed by atoms with van der Waals surface area (Å²) in [6.45, 7) is 3.74. The maximum absolute atomic E-state index is 13.1. The third-order valence-corrected chi connectivity index (χ3v) is 7.08. The molecular weight excluding hydrogens is 534 g/mol. The molecule has 214 valence electrons. The van der Waals surface area contributed by atoms with Crippen molar-refractivity contribution >= 4 is 23.3 Å². The summed E-state index contributed by atoms with van der Waals surface area (Å²) in [7, 11) is 6.28. The third kappa shape index (κ3) is 7.50. The first-order valence-corrected chi connectivity index (χ1v) is 13.4. The number of carbonyl (C=O) groups excluding carboxylic acids is 1. The number of amides is 2. The lowest BCUT2D eigenvalue weighted by atomic mass is 10.1. The Morgan fingerprint density at radius 2 is 1.55 bits per heavy atom. The Morgan fingerprint density at radius 1 is 0.875 bits per heavy atom. The Morgan fingerprint density at radius 3 is 2.15 bits per heavy atom. The number of ether oxygens (including phenoxy) is 5. The van der Waals surface area contributed by atoms with Gasteiger partial charge in [-0.15, -0.1) is 0 Å². The number of halogens is 1. The normalized spacial score (nSPS) is 14.4. The van der Waals surface area contributed by atoms with Crippen molar-refractivity contribution in [2.24, 2.45) is 0 Å². The van der Waals surface area contributed by atoms with Gasteiger partial charge in [-0.25, -0.2) is 4.79 Å². The second kappa shape index (κ2) is 14.1. The minimum atomic E-state index is -0.183. The van der Waals surface area contributed by atoms with Gasteiger partial charge in [-0.3, -0.25) is 4.90 Å². The molecule has 0 bridgehead atoms. The molecule has 1 aliphatic heterocycles. The Bertz CT molecular complexity index is 1240. The van der Waals surface area contributed by atoms with Gasteiger partial charge in [0.05, 0.1) is 46.8 Å². The summed E-state index contributed by atoms with van der Waals surface area (Å²) in [5, 5.41) is 3.63. The van der Waals surface area contributed by atoms with Crippen LogP contribution in [0.2, 0.25) is 5.02 Å². The quantitative estimate of drug-likeness (QED) is 0.327. The molecule has 1 N–H and O–H groups in total. The van der Waals surface area contributed by atoms with Gasteiger partial charge in [-0.1, -0.05) is 35.9 Å². The standard InChI is InChI=1S/C30H36ClN3O6/c1-36-25-7-5-6-21(16-25)20-40-28(22-8-10-23(31)11-9-22)19-33-12-14-34(15-13-33)30(35)32-24-17-26(37-2)29(39-4)27(18-24)38-3/h5-11,16-18,28H,12-15,19-20H2,1-4H3,(H,32,35). The number of anilines is 1. The van der Waals surface area contributed by atoms with Crippen LogP contribution in [0.1, 0.15) is 17.2 Å². The first-order valence-electron chi connectivity index (χ1n) is 13.0. The number of methoxy groups -OCH3 is 4. The summed E-state index contributed by atoms with van der Waals surface area (Å²) in [5.41, 5.74) is 2.65. The second-order valence-corrected chi connectivity index (χ2v) is 9.77. The first kappa shape index (κ1) is 29.3. The summed E-state index contributed by atoms with van der Waals surface area (Å²) < 4.78 is 27.9. The number of rotatable bonds is 11. The van der Waals surface area contributed by atoms with Gasteiger partial charge in [0, 0.05) is 49.9 Å². The zero-order chi connectivity index (χ0) is 28.5. The van der Waals surface area contributed by atoms with Crippen molar-refractivity contribution in [2.45, 2.75) is 12.7 Å². The molecule has 0 saturated carbocycles. The highest BCUT2D eigenvalue weighted by Gasteiger charge is 2.25. The van der Waals surface area contributed by atoms with E-state index in [4.69, 9.17) is 35.3 Å². The molecule has 40 heavy (non-hydrogen) atoms. The average molecular weight is 570 g/mol. The number of urea groups is 1. The molecule has 1 atom stereocenters. The van der Waals surface area contributed by atoms with Crippen molar-refractivity contribution in [3.8, 4) is 23.0 Å². The lowest BCUT2D eigenvalue weighted by molar-refractivity contribution is 0.00588. The highest BCUT2D eigenvalue weighted by atomic mass is 35.5. The molecule has 3 aromatic rings. The largest absolute Gasteiger partial charge is 0.497 e. The van der Waals surface area contributed by atoms with E-state index >= 15 is 0 Å². The number of nitrogens with one attached hydrogen (secondary N) is 1. The lowest BCUT2D eigenvalue weighted by Crippen LogP contribution is -2.50. The van der Waals surface area contributed by atoms with E-state index < -0.39 is 0 Å². The number of carbonyl (C=O) groups is 1. The fourth-order valence-electron chi connectivity index (χ4n) is 4.61. The SMILES string of the molecule is COc1cccc(COC(CN2CCN(C(=O)Nc3cc(OC)c(OC)c(OC)c3)CC2)c2ccc(Cl)cc2)c1. The molecule has 0 aliphatic carbocycles. The van der Waals surface area contributed by atoms with Crippen LogP contribution in [0.25, 0.3) is 0 Å². The summed E-state index contributed by atoms with van der Waals surface area (Å²) in [5.74, 6) is 2.22. The van der Waals surface area contributed by atoms with Crippen LogP contribution in [-0.2, 0) is 11.3 Å². The zero-order valence-electron chi connectivity index (χ0n) is 23.3. The maximum Gasteiger partial charge on any atom is 0.321 e. The van der Waals surface area contributed by atoms with Gasteiger partial charge in [0.2, 0.25) is 5.75 Å². The zero-order valence-corrected chi connectivity index (χ0v) is 24.1. The minimum Gasteiger partial charge on any atom is -0.497 e. The molecule has 1 fully saturated rings. The second-order valence-electron chi connectivity index (χ2n) is 9.33. The van der Waals surface area contributed by atoms with Crippen LogP contribution in [0.3, 0.4) is 0 Å². The molecule has 9 nitrogen and oxygen atoms in total. The van der Waals surface area contributed by atoms with Crippen molar-refractivity contribution in [3.05, 3.63) is 76.8 Å². The number of piperazine rings is 1. The van der Waals surface area contributed by atoms with E-state index in [1.807, 2.05) is 48.5 Å². The van der Waals surface area contributed by atoms with Crippen LogP contribution in [0.5, 0.6) is 23.0 Å². The number of hydrogen-bond acceptors (Lipinski definition) is 7. The average Bonchev–Trinajstić information content (AvgIpc) is 2.99. The molecule has 1 aliphatic rings. The van der Waals surface area contributed by atoms with Crippen LogP contribution in [0.15, 0.2) is 60.7 Å². The predicted octanol–water partition coefficient (Wildman–Crippen LogP) is 5.48. The Kier molecular flexibility index (Phi) is 10.3. The summed E-state index contributed by atoms with van der Waals surface area (Å²) in [4.78, 5) is 17.2. The molecule has 10 heteroatoms. The maximum atomic E-state index is 13.1. The Balaban J connectivity index is 1.37. The van der Waals surface area contributed by atoms with E-state index in [2.05, 4.69) is 10.2 Å². The molecule has 1 heterocycles. The minimum absolute atomic E-state index is 0.164. The molecule has 3 aromatic carbocycles. The number of nitrogens with zero attached hydrogens (tertiary/aromatic N) is 2. The molecule has 1 saturated heterocycles. The van der Waals surface area contributed by atoms with E-state index in [0.717, 1.165) is 30.0 Å². The molecule has 0 aromatic heterocycles. The third-order valence-electron chi connectivity index (χ3n) is 6.83. The summed E-state index contributed by atoms with van der Waals surface area (Å²) in [6, 6.07) is 18.9. The Labute approximate surface area is 240 Å². The Hall–Kier alpha value is -3.66. The lowest BCUT2D eigenvalue weighted by Gasteiger charge is -2.36. The van der Waals surface area contributed by atoms with Gasteiger partial charge >= 0.3 is 6.03 Å². The molecule has 0 radical (unpaired) electrons. The number of hydrogen-bond donors (Lipinski definition) is 1. The van der Waals surface area contributed by atoms with E-state index in [1.165, 1.54) is 0 Å². The van der Waals surface area contributed by atoms with Crippen molar-refractivity contribution in [2.75, 3.05) is 66.5 Å². The monoisotopic (exact) mass is 569 g/mol. The van der Waals surface area contributed by atoms with Crippen LogP contribution >= 0.6 is 11.6 Å². The highest BCUT2D eigenvalue weighted by Crippen LogP contribution is 2.40. The molecule has 2 amide bonds. The van der Waals surface area contributed by atoms with Crippen LogP contribution < -0.4 is 24.3 Å². The van der Waals surface area contributed by atoms with Gasteiger partial charge in [0.15, 0.2) is 11.5 Å². The van der Waals surface area contributed by atoms with E-state index in [9.17, 15) is 4.79 Å². The molecule has 1 unspecified atom stereocenters. The van der Waals surface area contributed by atoms with Crippen LogP contribution in [0.4, 0.5) is 10.5 Å². The topological polar surface area (TPSA) is 81.7 Å². The molecule has 0 spiro atoms.